The van der Waals surface area contributed by atoms with E-state index >= 15 is 0 Å². The minimum atomic E-state index is -1.64. The van der Waals surface area contributed by atoms with Gasteiger partial charge in [-0.1, -0.05) is 0 Å². The van der Waals surface area contributed by atoms with Crippen LogP contribution >= 0.6 is 63.7 Å². The van der Waals surface area contributed by atoms with Crippen molar-refractivity contribution in [3.63, 3.8) is 0 Å². The minimum absolute atomic E-state index is 0.370. The molecule has 0 radical (unpaired) electrons. The van der Waals surface area contributed by atoms with Crippen LogP contribution < -0.4 is 0 Å². The number of carbonyl (C=O) groups is 1. The Kier molecular flexibility index (Phi) is 4.12. The topological polar surface area (TPSA) is 66.8 Å². The van der Waals surface area contributed by atoms with Gasteiger partial charge < -0.3 is 14.9 Å². The summed E-state index contributed by atoms with van der Waals surface area (Å²) in [6.45, 7) is 0. The first-order valence-corrected chi connectivity index (χ1v) is 10.0. The zero-order valence-electron chi connectivity index (χ0n) is 11.7. The predicted octanol–water partition coefficient (Wildman–Crippen LogP) is 4.88. The number of fused-ring (bicyclic) bond motifs is 3. The van der Waals surface area contributed by atoms with Crippen LogP contribution in [0, 0.1) is 0 Å². The summed E-state index contributed by atoms with van der Waals surface area (Å²) < 4.78 is 8.52. The number of carbonyl (C=O) groups excluding carboxylic acids is 1. The van der Waals surface area contributed by atoms with Gasteiger partial charge >= 0.3 is 0 Å². The lowest BCUT2D eigenvalue weighted by molar-refractivity contribution is -0.185. The average Bonchev–Trinajstić information content (AvgIpc) is 2.91. The van der Waals surface area contributed by atoms with Gasteiger partial charge in [-0.25, -0.2) is 0 Å². The molecule has 1 heterocycles. The summed E-state index contributed by atoms with van der Waals surface area (Å²) >= 11 is 13.5. The summed E-state index contributed by atoms with van der Waals surface area (Å²) in [5, 5.41) is 21.2. The molecular weight excluding hydrogens is 576 g/mol. The first-order valence-electron chi connectivity index (χ1n) is 6.84. The van der Waals surface area contributed by atoms with Gasteiger partial charge in [-0.15, -0.1) is 0 Å². The Morgan fingerprint density at radius 3 is 2.08 bits per heavy atom. The molecule has 1 aliphatic carbocycles. The highest BCUT2D eigenvalue weighted by molar-refractivity contribution is 9.13. The number of hydrogen-bond acceptors (Lipinski definition) is 4. The van der Waals surface area contributed by atoms with E-state index < -0.39 is 18.0 Å². The van der Waals surface area contributed by atoms with Crippen molar-refractivity contribution < 1.29 is 19.7 Å². The third kappa shape index (κ3) is 2.14. The highest BCUT2D eigenvalue weighted by atomic mass is 79.9. The summed E-state index contributed by atoms with van der Waals surface area (Å²) in [6, 6.07) is 6.74. The molecule has 1 spiro atoms. The van der Waals surface area contributed by atoms with Crippen molar-refractivity contribution in [2.24, 2.45) is 0 Å². The molecule has 124 valence electrons. The molecule has 8 heteroatoms. The van der Waals surface area contributed by atoms with Crippen molar-refractivity contribution in [3.05, 3.63) is 64.4 Å². The second-order valence-corrected chi connectivity index (χ2v) is 9.06. The van der Waals surface area contributed by atoms with Gasteiger partial charge in [0, 0.05) is 34.6 Å². The van der Waals surface area contributed by atoms with E-state index in [1.165, 1.54) is 0 Å². The van der Waals surface area contributed by atoms with Crippen molar-refractivity contribution >= 4 is 69.5 Å². The fourth-order valence-electron chi connectivity index (χ4n) is 3.31. The molecule has 4 nitrogen and oxygen atoms in total. The van der Waals surface area contributed by atoms with Crippen molar-refractivity contribution in [1.29, 1.82) is 0 Å². The summed E-state index contributed by atoms with van der Waals surface area (Å²) in [6.07, 6.45) is -2.50. The maximum absolute atomic E-state index is 13.1. The number of ether oxygens (including phenoxy) is 1. The molecule has 0 saturated carbocycles. The normalized spacial score (nSPS) is 27.7. The number of Topliss-reactive ketones (excluding diaryl/α,β-unsaturated/α-hetero) is 1. The molecule has 2 aromatic rings. The van der Waals surface area contributed by atoms with Crippen LogP contribution in [0.5, 0.6) is 0 Å². The number of aliphatic hydroxyl groups excluding tert-OH is 2. The summed E-state index contributed by atoms with van der Waals surface area (Å²) in [4.78, 5) is 13.1. The maximum atomic E-state index is 13.1. The molecule has 1 aliphatic heterocycles. The number of ketones is 1. The van der Waals surface area contributed by atoms with Crippen LogP contribution in [-0.2, 0) is 10.3 Å². The lowest BCUT2D eigenvalue weighted by atomic mass is 9.87. The maximum Gasteiger partial charge on any atom is 0.202 e. The molecule has 0 fully saturated rings. The van der Waals surface area contributed by atoms with Crippen molar-refractivity contribution in [2.75, 3.05) is 0 Å². The highest BCUT2D eigenvalue weighted by Gasteiger charge is 2.61. The molecule has 0 aromatic heterocycles. The Balaban J connectivity index is 1.99. The third-order valence-electron chi connectivity index (χ3n) is 4.41. The van der Waals surface area contributed by atoms with Gasteiger partial charge in [0.2, 0.25) is 5.78 Å². The fraction of sp³-hybridized carbons (Fsp3) is 0.188. The number of rotatable bonds is 0. The summed E-state index contributed by atoms with van der Waals surface area (Å²) in [5.41, 5.74) is 0.126. The highest BCUT2D eigenvalue weighted by Crippen LogP contribution is 2.57. The Hall–Kier alpha value is -0.0900. The average molecular weight is 584 g/mol. The van der Waals surface area contributed by atoms with E-state index in [2.05, 4.69) is 63.7 Å². The van der Waals surface area contributed by atoms with Gasteiger partial charge in [0.15, 0.2) is 11.9 Å². The molecule has 0 bridgehead atoms. The predicted molar refractivity (Wildman–Crippen MR) is 101 cm³/mol. The summed E-state index contributed by atoms with van der Waals surface area (Å²) in [7, 11) is 0. The zero-order chi connectivity index (χ0) is 17.4. The quantitative estimate of drug-likeness (QED) is 0.464. The molecule has 2 N–H and O–H groups in total. The van der Waals surface area contributed by atoms with Crippen LogP contribution in [0.2, 0.25) is 0 Å². The fourth-order valence-corrected chi connectivity index (χ4v) is 4.72. The van der Waals surface area contributed by atoms with Crippen LogP contribution in [0.25, 0.3) is 0 Å². The van der Waals surface area contributed by atoms with Gasteiger partial charge in [0.05, 0.1) is 0 Å². The molecule has 3 atom stereocenters. The first-order chi connectivity index (χ1) is 11.3. The Morgan fingerprint density at radius 1 is 0.875 bits per heavy atom. The largest absolute Gasteiger partial charge is 0.384 e. The number of benzene rings is 2. The molecule has 0 saturated heterocycles. The van der Waals surface area contributed by atoms with Crippen molar-refractivity contribution in [3.8, 4) is 0 Å². The second-order valence-electron chi connectivity index (χ2n) is 5.64. The lowest BCUT2D eigenvalue weighted by Crippen LogP contribution is -2.36. The van der Waals surface area contributed by atoms with E-state index in [-0.39, 0.29) is 5.78 Å². The molecule has 2 aromatic carbocycles. The van der Waals surface area contributed by atoms with Crippen LogP contribution in [0.4, 0.5) is 0 Å². The Bertz CT molecular complexity index is 913. The number of halogens is 4. The van der Waals surface area contributed by atoms with E-state index in [9.17, 15) is 15.0 Å². The van der Waals surface area contributed by atoms with Crippen LogP contribution in [0.1, 0.15) is 39.4 Å². The van der Waals surface area contributed by atoms with E-state index in [4.69, 9.17) is 4.74 Å². The number of hydrogen-bond donors (Lipinski definition) is 2. The Labute approximate surface area is 170 Å². The van der Waals surface area contributed by atoms with Gasteiger partial charge in [-0.05, 0) is 93.5 Å². The van der Waals surface area contributed by atoms with Crippen LogP contribution in [0.3, 0.4) is 0 Å². The van der Waals surface area contributed by atoms with E-state index in [0.29, 0.717) is 31.2 Å². The smallest absolute Gasteiger partial charge is 0.202 e. The van der Waals surface area contributed by atoms with Gasteiger partial charge in [0.25, 0.3) is 0 Å². The molecule has 4 rings (SSSR count). The van der Waals surface area contributed by atoms with E-state index in [1.807, 2.05) is 0 Å². The van der Waals surface area contributed by atoms with Crippen LogP contribution in [0.15, 0.2) is 42.2 Å². The molecule has 24 heavy (non-hydrogen) atoms. The standard InChI is InChI=1S/C16H8Br4O4/c17-9-1-5-6(2-10(9)18)14(22)16(13(5)21)8-4-12(20)11(19)3-7(8)15(23)24-16/h1-4,13,15,21,23H/t13-,15+,16-/m1/s1. The lowest BCUT2D eigenvalue weighted by Gasteiger charge is -2.27. The number of aliphatic hydroxyl groups is 2. The first kappa shape index (κ1) is 17.3. The molecule has 0 unspecified atom stereocenters. The summed E-state index contributed by atoms with van der Waals surface area (Å²) in [5.74, 6) is -0.370. The van der Waals surface area contributed by atoms with E-state index in [1.54, 1.807) is 24.3 Å². The molecular formula is C16H8Br4O4. The van der Waals surface area contributed by atoms with Gasteiger partial charge in [-0.3, -0.25) is 4.79 Å². The van der Waals surface area contributed by atoms with Crippen molar-refractivity contribution in [1.82, 2.24) is 0 Å². The Morgan fingerprint density at radius 2 is 1.42 bits per heavy atom. The van der Waals surface area contributed by atoms with Crippen LogP contribution in [-0.4, -0.2) is 16.0 Å². The zero-order valence-corrected chi connectivity index (χ0v) is 18.0. The molecule has 0 amide bonds. The van der Waals surface area contributed by atoms with Crippen molar-refractivity contribution in [2.45, 2.75) is 18.0 Å². The monoisotopic (exact) mass is 580 g/mol. The minimum Gasteiger partial charge on any atom is -0.384 e. The third-order valence-corrected chi connectivity index (χ3v) is 8.10. The molecule has 2 aliphatic rings. The second kappa shape index (κ2) is 5.70. The van der Waals surface area contributed by atoms with Gasteiger partial charge in [-0.2, -0.15) is 0 Å². The van der Waals surface area contributed by atoms with E-state index in [0.717, 1.165) is 8.95 Å². The SMILES string of the molecule is O=C1c2cc(Br)c(Br)cc2[C@@H](O)[C@@]12O[C@H](O)c1cc(Br)c(Br)cc12. The van der Waals surface area contributed by atoms with Gasteiger partial charge in [0.1, 0.15) is 6.10 Å².